The largest absolute Gasteiger partial charge is 0.481 e. The minimum Gasteiger partial charge on any atom is -0.481 e. The van der Waals surface area contributed by atoms with Crippen molar-refractivity contribution in [1.82, 2.24) is 5.32 Å². The molecular formula is C13H17Cl2NO2. The number of halogens is 2. The van der Waals surface area contributed by atoms with Crippen LogP contribution in [0.5, 0.6) is 0 Å². The summed E-state index contributed by atoms with van der Waals surface area (Å²) in [6.07, 6.45) is 2.54. The summed E-state index contributed by atoms with van der Waals surface area (Å²) in [5.74, 6) is -0.531. The van der Waals surface area contributed by atoms with Gasteiger partial charge in [-0.05, 0) is 43.0 Å². The average molecular weight is 290 g/mol. The molecule has 2 N–H and O–H groups in total. The van der Waals surface area contributed by atoms with Crippen molar-refractivity contribution in [1.29, 1.82) is 0 Å². The highest BCUT2D eigenvalue weighted by Crippen LogP contribution is 2.27. The Morgan fingerprint density at radius 1 is 1.39 bits per heavy atom. The van der Waals surface area contributed by atoms with Crippen LogP contribution in [0.1, 0.15) is 24.3 Å². The number of aliphatic carboxylic acids is 1. The molecule has 0 aliphatic heterocycles. The van der Waals surface area contributed by atoms with Crippen molar-refractivity contribution >= 4 is 30.0 Å². The minimum atomic E-state index is -0.796. The quantitative estimate of drug-likeness (QED) is 0.847. The fraction of sp³-hybridized carbons (Fsp3) is 0.462. The lowest BCUT2D eigenvalue weighted by molar-refractivity contribution is -0.138. The van der Waals surface area contributed by atoms with Gasteiger partial charge in [-0.3, -0.25) is 4.79 Å². The predicted molar refractivity (Wildman–Crippen MR) is 74.7 cm³/mol. The topological polar surface area (TPSA) is 49.3 Å². The Bertz CT molecular complexity index is 390. The van der Waals surface area contributed by atoms with Crippen LogP contribution in [0.4, 0.5) is 0 Å². The standard InChI is InChI=1S/C13H16ClNO2.ClH/c14-11-5-3-10(4-6-11)12(13(16)17)8-15-7-9-1-2-9;/h3-6,9,12,15H,1-2,7-8H2,(H,16,17);1H/t12-;/m1./s1. The molecule has 2 rings (SSSR count). The zero-order valence-electron chi connectivity index (χ0n) is 9.93. The maximum absolute atomic E-state index is 11.2. The van der Waals surface area contributed by atoms with Crippen LogP contribution in [-0.4, -0.2) is 24.2 Å². The molecule has 0 bridgehead atoms. The van der Waals surface area contributed by atoms with Crippen molar-refractivity contribution in [3.05, 3.63) is 34.9 Å². The van der Waals surface area contributed by atoms with E-state index in [1.54, 1.807) is 24.3 Å². The van der Waals surface area contributed by atoms with Crippen LogP contribution >= 0.6 is 24.0 Å². The van der Waals surface area contributed by atoms with E-state index in [2.05, 4.69) is 5.32 Å². The smallest absolute Gasteiger partial charge is 0.312 e. The molecule has 18 heavy (non-hydrogen) atoms. The third-order valence-corrected chi connectivity index (χ3v) is 3.30. The zero-order chi connectivity index (χ0) is 12.3. The van der Waals surface area contributed by atoms with E-state index in [0.717, 1.165) is 18.0 Å². The molecule has 0 saturated heterocycles. The number of hydrogen-bond donors (Lipinski definition) is 2. The van der Waals surface area contributed by atoms with E-state index in [1.165, 1.54) is 12.8 Å². The van der Waals surface area contributed by atoms with Gasteiger partial charge in [-0.2, -0.15) is 0 Å². The van der Waals surface area contributed by atoms with Gasteiger partial charge in [-0.1, -0.05) is 23.7 Å². The maximum Gasteiger partial charge on any atom is 0.312 e. The molecular weight excluding hydrogens is 273 g/mol. The Morgan fingerprint density at radius 3 is 2.50 bits per heavy atom. The highest BCUT2D eigenvalue weighted by Gasteiger charge is 2.23. The molecule has 0 amide bonds. The second kappa shape index (κ2) is 6.98. The number of hydrogen-bond acceptors (Lipinski definition) is 2. The summed E-state index contributed by atoms with van der Waals surface area (Å²) in [6.45, 7) is 1.41. The first-order chi connectivity index (χ1) is 8.16. The van der Waals surface area contributed by atoms with Crippen molar-refractivity contribution in [3.63, 3.8) is 0 Å². The Hall–Kier alpha value is -0.770. The molecule has 1 aliphatic rings. The number of benzene rings is 1. The lowest BCUT2D eigenvalue weighted by atomic mass is 9.99. The van der Waals surface area contributed by atoms with Gasteiger partial charge in [0.05, 0.1) is 5.92 Å². The first-order valence-corrected chi connectivity index (χ1v) is 6.23. The van der Waals surface area contributed by atoms with Gasteiger partial charge in [0.15, 0.2) is 0 Å². The van der Waals surface area contributed by atoms with Gasteiger partial charge in [0.2, 0.25) is 0 Å². The van der Waals surface area contributed by atoms with Gasteiger partial charge in [-0.15, -0.1) is 12.4 Å². The molecule has 0 heterocycles. The molecule has 0 radical (unpaired) electrons. The Morgan fingerprint density at radius 2 is 2.00 bits per heavy atom. The molecule has 1 aromatic rings. The van der Waals surface area contributed by atoms with E-state index in [1.807, 2.05) is 0 Å². The average Bonchev–Trinajstić information content (AvgIpc) is 3.09. The van der Waals surface area contributed by atoms with Gasteiger partial charge in [-0.25, -0.2) is 0 Å². The van der Waals surface area contributed by atoms with Crippen LogP contribution < -0.4 is 5.32 Å². The first-order valence-electron chi connectivity index (χ1n) is 5.86. The van der Waals surface area contributed by atoms with Crippen molar-refractivity contribution in [2.24, 2.45) is 5.92 Å². The highest BCUT2D eigenvalue weighted by atomic mass is 35.5. The van der Waals surface area contributed by atoms with E-state index >= 15 is 0 Å². The summed E-state index contributed by atoms with van der Waals surface area (Å²) in [7, 11) is 0. The molecule has 3 nitrogen and oxygen atoms in total. The number of carboxylic acid groups (broad SMARTS) is 1. The summed E-state index contributed by atoms with van der Waals surface area (Å²) in [6, 6.07) is 7.02. The van der Waals surface area contributed by atoms with E-state index < -0.39 is 11.9 Å². The molecule has 1 atom stereocenters. The molecule has 5 heteroatoms. The minimum absolute atomic E-state index is 0. The molecule has 1 fully saturated rings. The normalized spacial score (nSPS) is 15.8. The summed E-state index contributed by atoms with van der Waals surface area (Å²) in [5, 5.41) is 13.1. The lowest BCUT2D eigenvalue weighted by Gasteiger charge is -2.13. The molecule has 0 aromatic heterocycles. The fourth-order valence-corrected chi connectivity index (χ4v) is 1.92. The summed E-state index contributed by atoms with van der Waals surface area (Å²) in [4.78, 5) is 11.2. The first kappa shape index (κ1) is 15.3. The van der Waals surface area contributed by atoms with E-state index in [4.69, 9.17) is 11.6 Å². The van der Waals surface area contributed by atoms with Crippen molar-refractivity contribution < 1.29 is 9.90 Å². The number of nitrogens with one attached hydrogen (secondary N) is 1. The van der Waals surface area contributed by atoms with Gasteiger partial charge < -0.3 is 10.4 Å². The van der Waals surface area contributed by atoms with Crippen LogP contribution in [0.2, 0.25) is 5.02 Å². The lowest BCUT2D eigenvalue weighted by Crippen LogP contribution is -2.28. The van der Waals surface area contributed by atoms with Crippen molar-refractivity contribution in [3.8, 4) is 0 Å². The van der Waals surface area contributed by atoms with Gasteiger partial charge in [0, 0.05) is 11.6 Å². The van der Waals surface area contributed by atoms with Gasteiger partial charge in [0.1, 0.15) is 0 Å². The van der Waals surface area contributed by atoms with Crippen LogP contribution in [0, 0.1) is 5.92 Å². The van der Waals surface area contributed by atoms with E-state index in [0.29, 0.717) is 11.6 Å². The second-order valence-electron chi connectivity index (χ2n) is 4.54. The fourth-order valence-electron chi connectivity index (χ4n) is 1.80. The Labute approximate surface area is 118 Å². The summed E-state index contributed by atoms with van der Waals surface area (Å²) >= 11 is 5.79. The number of carbonyl (C=O) groups is 1. The Balaban J connectivity index is 0.00000162. The van der Waals surface area contributed by atoms with Crippen LogP contribution in [0.25, 0.3) is 0 Å². The molecule has 1 aliphatic carbocycles. The van der Waals surface area contributed by atoms with E-state index in [-0.39, 0.29) is 12.4 Å². The summed E-state index contributed by atoms with van der Waals surface area (Å²) in [5.41, 5.74) is 0.796. The van der Waals surface area contributed by atoms with Crippen LogP contribution in [-0.2, 0) is 4.79 Å². The van der Waals surface area contributed by atoms with Gasteiger partial charge >= 0.3 is 5.97 Å². The van der Waals surface area contributed by atoms with Crippen LogP contribution in [0.15, 0.2) is 24.3 Å². The van der Waals surface area contributed by atoms with Crippen LogP contribution in [0.3, 0.4) is 0 Å². The monoisotopic (exact) mass is 289 g/mol. The molecule has 100 valence electrons. The number of rotatable bonds is 6. The molecule has 1 saturated carbocycles. The second-order valence-corrected chi connectivity index (χ2v) is 4.98. The number of carboxylic acids is 1. The van der Waals surface area contributed by atoms with Crippen molar-refractivity contribution in [2.75, 3.05) is 13.1 Å². The molecule has 0 spiro atoms. The third kappa shape index (κ3) is 4.48. The van der Waals surface area contributed by atoms with E-state index in [9.17, 15) is 9.90 Å². The Kier molecular flexibility index (Phi) is 5.93. The zero-order valence-corrected chi connectivity index (χ0v) is 11.5. The summed E-state index contributed by atoms with van der Waals surface area (Å²) < 4.78 is 0. The maximum atomic E-state index is 11.2. The third-order valence-electron chi connectivity index (χ3n) is 3.05. The van der Waals surface area contributed by atoms with Gasteiger partial charge in [0.25, 0.3) is 0 Å². The predicted octanol–water partition coefficient (Wildman–Crippen LogP) is 2.93. The van der Waals surface area contributed by atoms with Crippen molar-refractivity contribution in [2.45, 2.75) is 18.8 Å². The molecule has 0 unspecified atom stereocenters. The highest BCUT2D eigenvalue weighted by molar-refractivity contribution is 6.30. The SMILES string of the molecule is Cl.O=C(O)[C@H](CNCC1CC1)c1ccc(Cl)cc1. The molecule has 1 aromatic carbocycles.